The Morgan fingerprint density at radius 3 is 2.59 bits per heavy atom. The van der Waals surface area contributed by atoms with Gasteiger partial charge < -0.3 is 5.11 Å². The summed E-state index contributed by atoms with van der Waals surface area (Å²) in [6, 6.07) is 9.50. The first-order valence-electron chi connectivity index (χ1n) is 5.24. The molecule has 0 bridgehead atoms. The molecule has 1 aromatic heterocycles. The highest BCUT2D eigenvalue weighted by atomic mass is 35.5. The van der Waals surface area contributed by atoms with E-state index in [-0.39, 0.29) is 0 Å². The zero-order valence-corrected chi connectivity index (χ0v) is 11.6. The molecule has 0 aliphatic rings. The Labute approximate surface area is 115 Å². The topological polar surface area (TPSA) is 20.2 Å². The predicted molar refractivity (Wildman–Crippen MR) is 74.2 cm³/mol. The zero-order valence-electron chi connectivity index (χ0n) is 9.28. The van der Waals surface area contributed by atoms with Gasteiger partial charge in [0, 0.05) is 16.3 Å². The molecule has 0 saturated heterocycles. The van der Waals surface area contributed by atoms with Crippen LogP contribution in [0.25, 0.3) is 0 Å². The maximum Gasteiger partial charge on any atom is 0.0932 e. The van der Waals surface area contributed by atoms with E-state index in [1.54, 1.807) is 6.07 Å². The molecule has 0 spiro atoms. The van der Waals surface area contributed by atoms with Gasteiger partial charge in [-0.3, -0.25) is 0 Å². The van der Waals surface area contributed by atoms with Gasteiger partial charge in [0.05, 0.1) is 10.4 Å². The van der Waals surface area contributed by atoms with Gasteiger partial charge in [0.1, 0.15) is 0 Å². The summed E-state index contributed by atoms with van der Waals surface area (Å²) in [5.74, 6) is 0. The van der Waals surface area contributed by atoms with E-state index < -0.39 is 6.10 Å². The average Bonchev–Trinajstić information content (AvgIpc) is 2.69. The third-order valence-electron chi connectivity index (χ3n) is 2.54. The standard InChI is InChI=1S/C13H12Cl2OS/c1-8-2-3-9(10(14)6-8)7-11(16)12-4-5-13(15)17-12/h2-6,11,16H,7H2,1H3. The lowest BCUT2D eigenvalue weighted by atomic mass is 10.1. The fraction of sp³-hybridized carbons (Fsp3) is 0.231. The van der Waals surface area contributed by atoms with E-state index >= 15 is 0 Å². The minimum atomic E-state index is -0.548. The largest absolute Gasteiger partial charge is 0.387 e. The minimum Gasteiger partial charge on any atom is -0.387 e. The zero-order chi connectivity index (χ0) is 12.4. The summed E-state index contributed by atoms with van der Waals surface area (Å²) < 4.78 is 0.689. The van der Waals surface area contributed by atoms with Crippen molar-refractivity contribution in [1.29, 1.82) is 0 Å². The van der Waals surface area contributed by atoms with E-state index in [0.717, 1.165) is 16.0 Å². The Hall–Kier alpha value is -0.540. The molecule has 0 radical (unpaired) electrons. The lowest BCUT2D eigenvalue weighted by molar-refractivity contribution is 0.182. The van der Waals surface area contributed by atoms with E-state index in [1.807, 2.05) is 31.2 Å². The second-order valence-electron chi connectivity index (χ2n) is 3.96. The summed E-state index contributed by atoms with van der Waals surface area (Å²) >= 11 is 13.4. The van der Waals surface area contributed by atoms with Crippen molar-refractivity contribution >= 4 is 34.5 Å². The van der Waals surface area contributed by atoms with Crippen LogP contribution < -0.4 is 0 Å². The van der Waals surface area contributed by atoms with Crippen LogP contribution in [0, 0.1) is 6.92 Å². The first-order valence-corrected chi connectivity index (χ1v) is 6.82. The lowest BCUT2D eigenvalue weighted by Gasteiger charge is -2.10. The molecular formula is C13H12Cl2OS. The van der Waals surface area contributed by atoms with Gasteiger partial charge in [0.25, 0.3) is 0 Å². The van der Waals surface area contributed by atoms with E-state index in [0.29, 0.717) is 15.8 Å². The van der Waals surface area contributed by atoms with Gasteiger partial charge in [0.2, 0.25) is 0 Å². The number of rotatable bonds is 3. The molecule has 0 saturated carbocycles. The van der Waals surface area contributed by atoms with Crippen molar-refractivity contribution in [3.63, 3.8) is 0 Å². The van der Waals surface area contributed by atoms with E-state index in [9.17, 15) is 5.11 Å². The number of aliphatic hydroxyl groups excluding tert-OH is 1. The number of hydrogen-bond donors (Lipinski definition) is 1. The number of aryl methyl sites for hydroxylation is 1. The summed E-state index contributed by atoms with van der Waals surface area (Å²) in [6.07, 6.45) is -0.0385. The van der Waals surface area contributed by atoms with Crippen molar-refractivity contribution < 1.29 is 5.11 Å². The van der Waals surface area contributed by atoms with Gasteiger partial charge in [-0.2, -0.15) is 0 Å². The Balaban J connectivity index is 2.15. The molecule has 1 N–H and O–H groups in total. The van der Waals surface area contributed by atoms with Crippen LogP contribution in [0.5, 0.6) is 0 Å². The third kappa shape index (κ3) is 3.23. The van der Waals surface area contributed by atoms with Crippen molar-refractivity contribution in [2.75, 3.05) is 0 Å². The van der Waals surface area contributed by atoms with Gasteiger partial charge >= 0.3 is 0 Å². The second kappa shape index (κ2) is 5.40. The van der Waals surface area contributed by atoms with Crippen molar-refractivity contribution in [1.82, 2.24) is 0 Å². The molecule has 1 unspecified atom stereocenters. The number of hydrogen-bond acceptors (Lipinski definition) is 2. The molecule has 2 aromatic rings. The fourth-order valence-electron chi connectivity index (χ4n) is 1.63. The van der Waals surface area contributed by atoms with Crippen molar-refractivity contribution in [3.05, 3.63) is 55.7 Å². The Kier molecular flexibility index (Phi) is 4.10. The highest BCUT2D eigenvalue weighted by Crippen LogP contribution is 2.30. The van der Waals surface area contributed by atoms with Crippen molar-refractivity contribution in [2.45, 2.75) is 19.4 Å². The van der Waals surface area contributed by atoms with Crippen molar-refractivity contribution in [3.8, 4) is 0 Å². The van der Waals surface area contributed by atoms with Gasteiger partial charge in [-0.05, 0) is 36.2 Å². The highest BCUT2D eigenvalue weighted by Gasteiger charge is 2.12. The second-order valence-corrected chi connectivity index (χ2v) is 6.11. The van der Waals surface area contributed by atoms with Crippen LogP contribution >= 0.6 is 34.5 Å². The predicted octanol–water partition coefficient (Wildman–Crippen LogP) is 4.64. The maximum atomic E-state index is 10.1. The Morgan fingerprint density at radius 1 is 1.24 bits per heavy atom. The summed E-state index contributed by atoms with van der Waals surface area (Å²) in [4.78, 5) is 0.867. The summed E-state index contributed by atoms with van der Waals surface area (Å²) in [5, 5.41) is 10.8. The lowest BCUT2D eigenvalue weighted by Crippen LogP contribution is -2.00. The molecule has 1 atom stereocenters. The minimum absolute atomic E-state index is 0.510. The normalized spacial score (nSPS) is 12.7. The van der Waals surface area contributed by atoms with Crippen molar-refractivity contribution in [2.24, 2.45) is 0 Å². The molecule has 0 aliphatic heterocycles. The monoisotopic (exact) mass is 286 g/mol. The summed E-state index contributed by atoms with van der Waals surface area (Å²) in [7, 11) is 0. The Morgan fingerprint density at radius 2 is 2.00 bits per heavy atom. The molecule has 4 heteroatoms. The van der Waals surface area contributed by atoms with Gasteiger partial charge in [-0.15, -0.1) is 11.3 Å². The molecule has 0 aliphatic carbocycles. The molecule has 0 fully saturated rings. The van der Waals surface area contributed by atoms with Gasteiger partial charge in [0.15, 0.2) is 0 Å². The maximum absolute atomic E-state index is 10.1. The van der Waals surface area contributed by atoms with E-state index in [4.69, 9.17) is 23.2 Å². The van der Waals surface area contributed by atoms with Crippen LogP contribution in [0.4, 0.5) is 0 Å². The average molecular weight is 287 g/mol. The molecular weight excluding hydrogens is 275 g/mol. The van der Waals surface area contributed by atoms with E-state index in [1.165, 1.54) is 11.3 Å². The molecule has 2 rings (SSSR count). The fourth-order valence-corrected chi connectivity index (χ4v) is 2.99. The van der Waals surface area contributed by atoms with Crippen LogP contribution in [0.1, 0.15) is 22.1 Å². The van der Waals surface area contributed by atoms with Crippen LogP contribution in [0.3, 0.4) is 0 Å². The first-order chi connectivity index (χ1) is 8.06. The SMILES string of the molecule is Cc1ccc(CC(O)c2ccc(Cl)s2)c(Cl)c1. The quantitative estimate of drug-likeness (QED) is 0.872. The number of halogens is 2. The number of aliphatic hydroxyl groups is 1. The molecule has 0 amide bonds. The van der Waals surface area contributed by atoms with Gasteiger partial charge in [-0.1, -0.05) is 35.3 Å². The molecule has 1 heterocycles. The van der Waals surface area contributed by atoms with E-state index in [2.05, 4.69) is 0 Å². The van der Waals surface area contributed by atoms with Crippen LogP contribution in [0.2, 0.25) is 9.36 Å². The molecule has 17 heavy (non-hydrogen) atoms. The molecule has 1 nitrogen and oxygen atoms in total. The third-order valence-corrected chi connectivity index (χ3v) is 4.23. The summed E-state index contributed by atoms with van der Waals surface area (Å²) in [5.41, 5.74) is 2.07. The molecule has 1 aromatic carbocycles. The first kappa shape index (κ1) is 12.9. The smallest absolute Gasteiger partial charge is 0.0932 e. The Bertz CT molecular complexity index is 522. The van der Waals surface area contributed by atoms with Crippen LogP contribution in [0.15, 0.2) is 30.3 Å². The highest BCUT2D eigenvalue weighted by molar-refractivity contribution is 7.16. The van der Waals surface area contributed by atoms with Crippen LogP contribution in [-0.2, 0) is 6.42 Å². The summed E-state index contributed by atoms with van der Waals surface area (Å²) in [6.45, 7) is 1.99. The van der Waals surface area contributed by atoms with Crippen LogP contribution in [-0.4, -0.2) is 5.11 Å². The number of benzene rings is 1. The van der Waals surface area contributed by atoms with Gasteiger partial charge in [-0.25, -0.2) is 0 Å². The number of thiophene rings is 1. The molecule has 90 valence electrons.